The molecule has 6 rings (SSSR count). The molecule has 0 amide bonds. The Morgan fingerprint density at radius 3 is 2.68 bits per heavy atom. The summed E-state index contributed by atoms with van der Waals surface area (Å²) in [6.45, 7) is 13.7. The molecule has 3 aromatic rings. The van der Waals surface area contributed by atoms with Crippen LogP contribution in [0.15, 0.2) is 49.2 Å². The molecule has 200 valence electrons. The van der Waals surface area contributed by atoms with Gasteiger partial charge in [-0.1, -0.05) is 30.9 Å². The monoisotopic (exact) mass is 512 g/mol. The molecule has 1 aliphatic carbocycles. The Morgan fingerprint density at radius 2 is 1.87 bits per heavy atom. The molecule has 2 bridgehead atoms. The number of allylic oxidation sites excluding steroid dienone is 1. The number of aromatic nitrogens is 3. The summed E-state index contributed by atoms with van der Waals surface area (Å²) in [5.41, 5.74) is 8.97. The van der Waals surface area contributed by atoms with Crippen molar-refractivity contribution in [2.45, 2.75) is 69.9 Å². The minimum atomic E-state index is -0.210. The van der Waals surface area contributed by atoms with E-state index in [0.717, 1.165) is 92.4 Å². The summed E-state index contributed by atoms with van der Waals surface area (Å²) in [6.07, 6.45) is 6.57. The van der Waals surface area contributed by atoms with E-state index in [4.69, 9.17) is 10.1 Å². The van der Waals surface area contributed by atoms with Crippen LogP contribution in [0.25, 0.3) is 11.3 Å². The van der Waals surface area contributed by atoms with E-state index in [1.807, 2.05) is 4.52 Å². The first-order valence-corrected chi connectivity index (χ1v) is 14.1. The second kappa shape index (κ2) is 10.1. The second-order valence-electron chi connectivity index (χ2n) is 11.5. The maximum Gasteiger partial charge on any atom is 0.157 e. The lowest BCUT2D eigenvalue weighted by molar-refractivity contribution is 0.0733. The number of nitrogens with one attached hydrogen (secondary N) is 1. The van der Waals surface area contributed by atoms with Crippen LogP contribution in [0.3, 0.4) is 0 Å². The fourth-order valence-electron chi connectivity index (χ4n) is 6.25. The highest BCUT2D eigenvalue weighted by Gasteiger charge is 2.32. The lowest BCUT2D eigenvalue weighted by Crippen LogP contribution is -2.33. The number of aliphatic hydroxyl groups excluding tert-OH is 1. The van der Waals surface area contributed by atoms with Crippen LogP contribution < -0.4 is 10.2 Å². The van der Waals surface area contributed by atoms with Crippen LogP contribution in [0.5, 0.6) is 0 Å². The molecule has 1 saturated heterocycles. The highest BCUT2D eigenvalue weighted by Crippen LogP contribution is 2.40. The van der Waals surface area contributed by atoms with E-state index in [2.05, 4.69) is 72.6 Å². The van der Waals surface area contributed by atoms with Crippen LogP contribution in [0.1, 0.15) is 78.6 Å². The molecule has 1 saturated carbocycles. The number of anilines is 1. The number of piperidine rings is 1. The van der Waals surface area contributed by atoms with E-state index >= 15 is 0 Å². The molecule has 38 heavy (non-hydrogen) atoms. The van der Waals surface area contributed by atoms with Gasteiger partial charge >= 0.3 is 0 Å². The van der Waals surface area contributed by atoms with Crippen molar-refractivity contribution in [2.75, 3.05) is 31.6 Å². The molecule has 1 unspecified atom stereocenters. The Labute approximate surface area is 225 Å². The Hall–Kier alpha value is -3.32. The smallest absolute Gasteiger partial charge is 0.157 e. The van der Waals surface area contributed by atoms with Crippen LogP contribution in [0.2, 0.25) is 0 Å². The summed E-state index contributed by atoms with van der Waals surface area (Å²) < 4.78 is 2.02. The van der Waals surface area contributed by atoms with Gasteiger partial charge in [-0.2, -0.15) is 9.61 Å². The minimum absolute atomic E-state index is 0.169. The van der Waals surface area contributed by atoms with E-state index < -0.39 is 0 Å². The molecule has 2 N–H and O–H groups in total. The predicted molar refractivity (Wildman–Crippen MR) is 153 cm³/mol. The number of benzene rings is 1. The van der Waals surface area contributed by atoms with Gasteiger partial charge in [0.2, 0.25) is 0 Å². The molecule has 1 aromatic carbocycles. The van der Waals surface area contributed by atoms with Gasteiger partial charge in [0, 0.05) is 67.4 Å². The Morgan fingerprint density at radius 1 is 1.03 bits per heavy atom. The maximum absolute atomic E-state index is 9.95. The lowest BCUT2D eigenvalue weighted by Gasteiger charge is -2.38. The number of hydrogen-bond acceptors (Lipinski definition) is 6. The van der Waals surface area contributed by atoms with Gasteiger partial charge in [-0.3, -0.25) is 0 Å². The van der Waals surface area contributed by atoms with Crippen molar-refractivity contribution in [3.05, 3.63) is 77.3 Å². The molecule has 2 aliphatic heterocycles. The van der Waals surface area contributed by atoms with E-state index in [1.54, 1.807) is 0 Å². The molecule has 0 spiro atoms. The van der Waals surface area contributed by atoms with Gasteiger partial charge in [0.25, 0.3) is 0 Å². The van der Waals surface area contributed by atoms with E-state index in [-0.39, 0.29) is 12.1 Å². The first-order chi connectivity index (χ1) is 18.4. The van der Waals surface area contributed by atoms with Gasteiger partial charge in [-0.15, -0.1) is 0 Å². The highest BCUT2D eigenvalue weighted by atomic mass is 16.3. The van der Waals surface area contributed by atoms with Crippen LogP contribution in [-0.4, -0.2) is 57.4 Å². The number of rotatable bonds is 1. The molecular formula is C31H40N6O. The van der Waals surface area contributed by atoms with Crippen molar-refractivity contribution in [3.63, 3.8) is 0 Å². The summed E-state index contributed by atoms with van der Waals surface area (Å²) in [5.74, 6) is 1.34. The quantitative estimate of drug-likeness (QED) is 0.480. The topological polar surface area (TPSA) is 68.9 Å². The van der Waals surface area contributed by atoms with Gasteiger partial charge in [0.1, 0.15) is 5.82 Å². The zero-order valence-corrected chi connectivity index (χ0v) is 22.8. The number of hydrogen-bond donors (Lipinski definition) is 2. The van der Waals surface area contributed by atoms with Crippen LogP contribution in [0.4, 0.5) is 5.82 Å². The Balaban J connectivity index is 1.46. The molecule has 7 heteroatoms. The molecule has 7 nitrogen and oxygen atoms in total. The molecule has 3 aliphatic rings. The van der Waals surface area contributed by atoms with Gasteiger partial charge in [0.15, 0.2) is 5.65 Å². The summed E-state index contributed by atoms with van der Waals surface area (Å²) >= 11 is 0. The van der Waals surface area contributed by atoms with Crippen LogP contribution >= 0.6 is 0 Å². The fourth-order valence-corrected chi connectivity index (χ4v) is 6.25. The zero-order valence-electron chi connectivity index (χ0n) is 22.8. The van der Waals surface area contributed by atoms with Gasteiger partial charge < -0.3 is 20.2 Å². The summed E-state index contributed by atoms with van der Waals surface area (Å²) in [6, 6.07) is 11.3. The Kier molecular flexibility index (Phi) is 6.64. The number of aryl methyl sites for hydroxylation is 2. The zero-order chi connectivity index (χ0) is 26.4. The van der Waals surface area contributed by atoms with Crippen molar-refractivity contribution in [2.24, 2.45) is 0 Å². The molecule has 1 atom stereocenters. The van der Waals surface area contributed by atoms with Crippen molar-refractivity contribution < 1.29 is 5.11 Å². The first kappa shape index (κ1) is 25.0. The van der Waals surface area contributed by atoms with E-state index in [1.165, 1.54) is 23.1 Å². The van der Waals surface area contributed by atoms with Crippen LogP contribution in [-0.2, 0) is 6.42 Å². The molecule has 2 aromatic heterocycles. The van der Waals surface area contributed by atoms with Crippen molar-refractivity contribution >= 4 is 17.2 Å². The third kappa shape index (κ3) is 4.68. The third-order valence-corrected chi connectivity index (χ3v) is 8.66. The van der Waals surface area contributed by atoms with E-state index in [0.29, 0.717) is 5.92 Å². The third-order valence-electron chi connectivity index (χ3n) is 8.66. The number of nitrogens with zero attached hydrogens (tertiary/aromatic N) is 5. The standard InChI is InChI=1S/C31H40N6O/c1-20-8-10-23-11-9-21(2)32-12-14-35(4)31-19-27(24-16-25(38)17-24)33-30-18-28(34-37(30)31)29-7-5-6-13-36(29)22(3)26(23)15-20/h8,10,15,18-19,24-25,29,32,38H,2-3,5-7,9,11-14,16-17H2,1,4H3. The minimum Gasteiger partial charge on any atom is -0.393 e. The molecule has 4 heterocycles. The molecular weight excluding hydrogens is 472 g/mol. The number of likely N-dealkylation sites (N-methyl/N-ethyl adjacent to an activating group) is 1. The largest absolute Gasteiger partial charge is 0.393 e. The van der Waals surface area contributed by atoms with Crippen molar-refractivity contribution in [3.8, 4) is 0 Å². The first-order valence-electron chi connectivity index (χ1n) is 14.1. The average molecular weight is 513 g/mol. The SMILES string of the molecule is C=C1CCc2ccc(C)cc2C(=C)N2CCCCC2c2cc3nc(C4CC(O)C4)cc(n3n2)N(C)CCN1. The predicted octanol–water partition coefficient (Wildman–Crippen LogP) is 4.96. The van der Waals surface area contributed by atoms with Gasteiger partial charge in [-0.25, -0.2) is 4.98 Å². The number of aliphatic hydroxyl groups is 1. The number of fused-ring (bicyclic) bond motifs is 4. The second-order valence-corrected chi connectivity index (χ2v) is 11.5. The maximum atomic E-state index is 9.95. The fraction of sp³-hybridized carbons (Fsp3) is 0.484. The normalized spacial score (nSPS) is 24.7. The Bertz CT molecular complexity index is 1370. The summed E-state index contributed by atoms with van der Waals surface area (Å²) in [5, 5.41) is 18.7. The van der Waals surface area contributed by atoms with Crippen molar-refractivity contribution in [1.29, 1.82) is 0 Å². The van der Waals surface area contributed by atoms with Crippen LogP contribution in [0, 0.1) is 6.92 Å². The summed E-state index contributed by atoms with van der Waals surface area (Å²) in [4.78, 5) is 9.79. The summed E-state index contributed by atoms with van der Waals surface area (Å²) in [7, 11) is 2.12. The highest BCUT2D eigenvalue weighted by molar-refractivity contribution is 5.66. The van der Waals surface area contributed by atoms with Gasteiger partial charge in [0.05, 0.1) is 17.8 Å². The lowest BCUT2D eigenvalue weighted by atomic mass is 9.80. The van der Waals surface area contributed by atoms with Crippen molar-refractivity contribution in [1.82, 2.24) is 24.8 Å². The average Bonchev–Trinajstić information content (AvgIpc) is 3.33. The van der Waals surface area contributed by atoms with Gasteiger partial charge in [-0.05, 0) is 63.5 Å². The molecule has 0 radical (unpaired) electrons. The molecule has 2 fully saturated rings. The van der Waals surface area contributed by atoms with E-state index in [9.17, 15) is 5.11 Å².